The second-order valence-electron chi connectivity index (χ2n) is 7.18. The number of nitrogens with zero attached hydrogens (tertiary/aromatic N) is 2. The quantitative estimate of drug-likeness (QED) is 0.783. The molecular weight excluding hydrogens is 284 g/mol. The third kappa shape index (κ3) is 4.28. The Bertz CT molecular complexity index is 364. The van der Waals surface area contributed by atoms with E-state index < -0.39 is 5.60 Å². The molecule has 1 amide bonds. The highest BCUT2D eigenvalue weighted by Gasteiger charge is 2.41. The second kappa shape index (κ2) is 6.78. The summed E-state index contributed by atoms with van der Waals surface area (Å²) in [6.07, 6.45) is 3.24. The van der Waals surface area contributed by atoms with Gasteiger partial charge in [0.2, 0.25) is 0 Å². The van der Waals surface area contributed by atoms with Gasteiger partial charge in [-0.3, -0.25) is 4.90 Å². The fourth-order valence-corrected chi connectivity index (χ4v) is 4.31. The van der Waals surface area contributed by atoms with E-state index in [0.717, 1.165) is 39.0 Å². The van der Waals surface area contributed by atoms with Crippen molar-refractivity contribution < 1.29 is 9.53 Å². The first-order valence-corrected chi connectivity index (χ1v) is 9.32. The average Bonchev–Trinajstić information content (AvgIpc) is 2.46. The summed E-state index contributed by atoms with van der Waals surface area (Å²) in [5, 5.41) is 0. The van der Waals surface area contributed by atoms with E-state index in [1.165, 1.54) is 17.9 Å². The average molecular weight is 314 g/mol. The maximum Gasteiger partial charge on any atom is 0.410 e. The van der Waals surface area contributed by atoms with Crippen molar-refractivity contribution in [2.45, 2.75) is 58.1 Å². The predicted molar refractivity (Wildman–Crippen MR) is 89.0 cm³/mol. The Morgan fingerprint density at radius 2 is 1.90 bits per heavy atom. The summed E-state index contributed by atoms with van der Waals surface area (Å²) in [4.78, 5) is 16.9. The van der Waals surface area contributed by atoms with E-state index in [-0.39, 0.29) is 11.6 Å². The van der Waals surface area contributed by atoms with Gasteiger partial charge in [0.15, 0.2) is 0 Å². The van der Waals surface area contributed by atoms with E-state index in [1.54, 1.807) is 0 Å². The lowest BCUT2D eigenvalue weighted by atomic mass is 9.84. The molecule has 0 aromatic heterocycles. The van der Waals surface area contributed by atoms with Gasteiger partial charge in [-0.15, -0.1) is 0 Å². The number of carbonyl (C=O) groups excluding carboxylic acids is 1. The minimum Gasteiger partial charge on any atom is -0.444 e. The summed E-state index contributed by atoms with van der Waals surface area (Å²) in [6.45, 7) is 12.0. The number of amides is 1. The van der Waals surface area contributed by atoms with E-state index >= 15 is 0 Å². The van der Waals surface area contributed by atoms with E-state index in [2.05, 4.69) is 11.8 Å². The van der Waals surface area contributed by atoms with Gasteiger partial charge < -0.3 is 9.64 Å². The van der Waals surface area contributed by atoms with E-state index in [0.29, 0.717) is 0 Å². The summed E-state index contributed by atoms with van der Waals surface area (Å²) in [6, 6.07) is 0. The number of likely N-dealkylation sites (tertiary alicyclic amines) is 1. The first-order valence-electron chi connectivity index (χ1n) is 8.17. The highest BCUT2D eigenvalue weighted by molar-refractivity contribution is 7.99. The van der Waals surface area contributed by atoms with Crippen molar-refractivity contribution in [2.75, 3.05) is 37.7 Å². The van der Waals surface area contributed by atoms with Crippen molar-refractivity contribution in [3.05, 3.63) is 0 Å². The number of ether oxygens (including phenoxy) is 1. The van der Waals surface area contributed by atoms with Crippen molar-refractivity contribution in [1.82, 2.24) is 9.80 Å². The zero-order valence-corrected chi connectivity index (χ0v) is 14.8. The third-order valence-corrected chi connectivity index (χ3v) is 5.49. The van der Waals surface area contributed by atoms with Crippen LogP contribution in [0.5, 0.6) is 0 Å². The highest BCUT2D eigenvalue weighted by Crippen LogP contribution is 2.33. The van der Waals surface area contributed by atoms with Crippen LogP contribution in [0.2, 0.25) is 0 Å². The fraction of sp³-hybridized carbons (Fsp3) is 0.938. The minimum atomic E-state index is -0.412. The van der Waals surface area contributed by atoms with Crippen LogP contribution in [0.1, 0.15) is 47.0 Å². The number of carbonyl (C=O) groups is 1. The molecular formula is C16H30N2O2S. The molecule has 5 heteroatoms. The molecule has 0 bridgehead atoms. The van der Waals surface area contributed by atoms with Gasteiger partial charge in [-0.25, -0.2) is 4.79 Å². The Morgan fingerprint density at radius 1 is 1.24 bits per heavy atom. The van der Waals surface area contributed by atoms with Crippen LogP contribution in [0.15, 0.2) is 0 Å². The van der Waals surface area contributed by atoms with Gasteiger partial charge in [0, 0.05) is 43.2 Å². The topological polar surface area (TPSA) is 32.8 Å². The molecule has 0 N–H and O–H groups in total. The van der Waals surface area contributed by atoms with Crippen LogP contribution in [0.4, 0.5) is 4.79 Å². The maximum absolute atomic E-state index is 12.4. The molecule has 0 spiro atoms. The largest absolute Gasteiger partial charge is 0.444 e. The summed E-state index contributed by atoms with van der Waals surface area (Å²) in [7, 11) is 0. The molecule has 1 unspecified atom stereocenters. The Labute approximate surface area is 133 Å². The molecule has 0 aromatic carbocycles. The van der Waals surface area contributed by atoms with Gasteiger partial charge in [0.05, 0.1) is 0 Å². The lowest BCUT2D eigenvalue weighted by Crippen LogP contribution is -2.61. The fourth-order valence-electron chi connectivity index (χ4n) is 3.40. The first-order chi connectivity index (χ1) is 9.86. The Morgan fingerprint density at radius 3 is 2.48 bits per heavy atom. The van der Waals surface area contributed by atoms with Crippen molar-refractivity contribution in [1.29, 1.82) is 0 Å². The molecule has 2 heterocycles. The number of hydrogen-bond donors (Lipinski definition) is 0. The van der Waals surface area contributed by atoms with Crippen LogP contribution in [0, 0.1) is 0 Å². The van der Waals surface area contributed by atoms with Crippen LogP contribution < -0.4 is 0 Å². The molecule has 0 radical (unpaired) electrons. The van der Waals surface area contributed by atoms with Crippen LogP contribution in [-0.4, -0.2) is 64.7 Å². The number of thioether (sulfide) groups is 1. The minimum absolute atomic E-state index is 0.147. The third-order valence-electron chi connectivity index (χ3n) is 4.55. The molecule has 21 heavy (non-hydrogen) atoms. The molecule has 0 aromatic rings. The van der Waals surface area contributed by atoms with E-state index in [4.69, 9.17) is 4.74 Å². The van der Waals surface area contributed by atoms with Crippen molar-refractivity contribution in [3.63, 3.8) is 0 Å². The van der Waals surface area contributed by atoms with Gasteiger partial charge in [0.1, 0.15) is 5.60 Å². The first kappa shape index (κ1) is 16.9. The zero-order chi connectivity index (χ0) is 15.5. The van der Waals surface area contributed by atoms with Crippen LogP contribution in [-0.2, 0) is 4.74 Å². The molecule has 122 valence electrons. The van der Waals surface area contributed by atoms with Gasteiger partial charge in [0.25, 0.3) is 0 Å². The van der Waals surface area contributed by atoms with Gasteiger partial charge in [-0.1, -0.05) is 6.92 Å². The maximum atomic E-state index is 12.4. The molecule has 1 atom stereocenters. The Hall–Kier alpha value is -0.420. The van der Waals surface area contributed by atoms with Gasteiger partial charge in [-0.05, 0) is 40.0 Å². The summed E-state index contributed by atoms with van der Waals surface area (Å²) in [5.41, 5.74) is -0.249. The standard InChI is InChI=1S/C16H30N2O2S/c1-5-16(18-9-11-21-12-10-18)7-6-8-17(13-16)14(19)20-15(2,3)4/h5-13H2,1-4H3. The normalized spacial score (nSPS) is 28.5. The van der Waals surface area contributed by atoms with E-state index in [9.17, 15) is 4.79 Å². The van der Waals surface area contributed by atoms with E-state index in [1.807, 2.05) is 37.4 Å². The van der Waals surface area contributed by atoms with Crippen molar-refractivity contribution in [3.8, 4) is 0 Å². The Kier molecular flexibility index (Phi) is 5.47. The lowest BCUT2D eigenvalue weighted by molar-refractivity contribution is -0.0156. The number of rotatable bonds is 2. The van der Waals surface area contributed by atoms with Crippen molar-refractivity contribution in [2.24, 2.45) is 0 Å². The van der Waals surface area contributed by atoms with Crippen LogP contribution >= 0.6 is 11.8 Å². The number of piperidine rings is 1. The van der Waals surface area contributed by atoms with Gasteiger partial charge >= 0.3 is 6.09 Å². The van der Waals surface area contributed by atoms with Crippen LogP contribution in [0.25, 0.3) is 0 Å². The zero-order valence-electron chi connectivity index (χ0n) is 14.0. The van der Waals surface area contributed by atoms with Crippen molar-refractivity contribution >= 4 is 17.9 Å². The molecule has 2 rings (SSSR count). The molecule has 2 saturated heterocycles. The molecule has 2 aliphatic heterocycles. The highest BCUT2D eigenvalue weighted by atomic mass is 32.2. The van der Waals surface area contributed by atoms with Gasteiger partial charge in [-0.2, -0.15) is 11.8 Å². The SMILES string of the molecule is CCC1(N2CCSCC2)CCCN(C(=O)OC(C)(C)C)C1. The Balaban J connectivity index is 2.05. The van der Waals surface area contributed by atoms with Crippen LogP contribution in [0.3, 0.4) is 0 Å². The molecule has 2 aliphatic rings. The molecule has 4 nitrogen and oxygen atoms in total. The smallest absolute Gasteiger partial charge is 0.410 e. The summed E-state index contributed by atoms with van der Waals surface area (Å²) < 4.78 is 5.57. The summed E-state index contributed by atoms with van der Waals surface area (Å²) in [5.74, 6) is 2.43. The molecule has 0 saturated carbocycles. The number of hydrogen-bond acceptors (Lipinski definition) is 4. The lowest BCUT2D eigenvalue weighted by Gasteiger charge is -2.50. The second-order valence-corrected chi connectivity index (χ2v) is 8.41. The monoisotopic (exact) mass is 314 g/mol. The molecule has 2 fully saturated rings. The predicted octanol–water partition coefficient (Wildman–Crippen LogP) is 3.21. The molecule has 0 aliphatic carbocycles. The summed E-state index contributed by atoms with van der Waals surface area (Å²) >= 11 is 2.04.